The van der Waals surface area contributed by atoms with E-state index in [1.165, 1.54) is 19.1 Å². The van der Waals surface area contributed by atoms with Crippen LogP contribution < -0.4 is 5.32 Å². The molecule has 3 heteroatoms. The van der Waals surface area contributed by atoms with Gasteiger partial charge in [-0.05, 0) is 57.9 Å². The molecular formula is C17H33NO2. The molecule has 0 aromatic carbocycles. The number of carbonyl (C=O) groups is 1. The molecule has 20 heavy (non-hydrogen) atoms. The number of hydrogen-bond donors (Lipinski definition) is 1. The first-order chi connectivity index (χ1) is 9.36. The summed E-state index contributed by atoms with van der Waals surface area (Å²) >= 11 is 0. The summed E-state index contributed by atoms with van der Waals surface area (Å²) in [5.41, 5.74) is 1.39. The summed E-state index contributed by atoms with van der Waals surface area (Å²) in [7, 11) is 1.46. The van der Waals surface area contributed by atoms with Gasteiger partial charge in [-0.2, -0.15) is 0 Å². The van der Waals surface area contributed by atoms with Crippen LogP contribution in [0.2, 0.25) is 0 Å². The van der Waals surface area contributed by atoms with Crippen molar-refractivity contribution >= 4 is 5.97 Å². The number of allylic oxidation sites excluding steroid dienone is 2. The van der Waals surface area contributed by atoms with Gasteiger partial charge >= 0.3 is 5.97 Å². The van der Waals surface area contributed by atoms with Crippen LogP contribution in [-0.2, 0) is 9.53 Å². The van der Waals surface area contributed by atoms with E-state index in [0.717, 1.165) is 25.8 Å². The zero-order chi connectivity index (χ0) is 15.5. The smallest absolute Gasteiger partial charge is 0.322 e. The van der Waals surface area contributed by atoms with Gasteiger partial charge in [0.1, 0.15) is 6.04 Å². The second kappa shape index (κ2) is 10.9. The minimum absolute atomic E-state index is 0.143. The van der Waals surface area contributed by atoms with Gasteiger partial charge in [-0.3, -0.25) is 4.79 Å². The molecule has 0 aliphatic heterocycles. The average Bonchev–Trinajstić information content (AvgIpc) is 2.35. The van der Waals surface area contributed by atoms with Gasteiger partial charge in [0.2, 0.25) is 0 Å². The first-order valence-corrected chi connectivity index (χ1v) is 7.81. The number of rotatable bonds is 10. The zero-order valence-corrected chi connectivity index (χ0v) is 14.2. The van der Waals surface area contributed by atoms with E-state index in [-0.39, 0.29) is 12.0 Å². The van der Waals surface area contributed by atoms with E-state index in [1.807, 2.05) is 0 Å². The van der Waals surface area contributed by atoms with Crippen molar-refractivity contribution in [3.05, 3.63) is 11.6 Å². The summed E-state index contributed by atoms with van der Waals surface area (Å²) in [5.74, 6) is 1.02. The average molecular weight is 283 g/mol. The van der Waals surface area contributed by atoms with E-state index < -0.39 is 0 Å². The molecule has 0 fully saturated rings. The maximum atomic E-state index is 11.7. The number of hydrogen-bond acceptors (Lipinski definition) is 3. The Labute approximate surface area is 125 Å². The largest absolute Gasteiger partial charge is 0.468 e. The number of nitrogens with one attached hydrogen (secondary N) is 1. The lowest BCUT2D eigenvalue weighted by Gasteiger charge is -2.19. The summed E-state index contributed by atoms with van der Waals surface area (Å²) in [4.78, 5) is 11.7. The summed E-state index contributed by atoms with van der Waals surface area (Å²) in [6, 6.07) is -0.162. The van der Waals surface area contributed by atoms with Crippen LogP contribution >= 0.6 is 0 Å². The maximum Gasteiger partial charge on any atom is 0.322 e. The molecule has 118 valence electrons. The fourth-order valence-electron chi connectivity index (χ4n) is 2.18. The van der Waals surface area contributed by atoms with Crippen LogP contribution in [0.15, 0.2) is 11.6 Å². The van der Waals surface area contributed by atoms with Crippen LogP contribution in [0.3, 0.4) is 0 Å². The number of ether oxygens (including phenoxy) is 1. The van der Waals surface area contributed by atoms with E-state index in [2.05, 4.69) is 46.0 Å². The molecule has 0 saturated carbocycles. The van der Waals surface area contributed by atoms with Crippen molar-refractivity contribution in [1.29, 1.82) is 0 Å². The predicted octanol–water partition coefficient (Wildman–Crippen LogP) is 3.94. The minimum Gasteiger partial charge on any atom is -0.468 e. The predicted molar refractivity (Wildman–Crippen MR) is 85.7 cm³/mol. The topological polar surface area (TPSA) is 38.3 Å². The van der Waals surface area contributed by atoms with Crippen molar-refractivity contribution in [2.75, 3.05) is 13.7 Å². The minimum atomic E-state index is -0.162. The molecule has 1 N–H and O–H groups in total. The molecule has 0 heterocycles. The fourth-order valence-corrected chi connectivity index (χ4v) is 2.18. The highest BCUT2D eigenvalue weighted by atomic mass is 16.5. The van der Waals surface area contributed by atoms with Crippen LogP contribution in [0, 0.1) is 11.8 Å². The Morgan fingerprint density at radius 2 is 1.85 bits per heavy atom. The molecular weight excluding hydrogens is 250 g/mol. The molecule has 0 aromatic rings. The van der Waals surface area contributed by atoms with Crippen LogP contribution in [0.4, 0.5) is 0 Å². The Bertz CT molecular complexity index is 293. The van der Waals surface area contributed by atoms with Gasteiger partial charge in [0, 0.05) is 0 Å². The standard InChI is InChI=1S/C17H33NO2/c1-13(2)8-7-9-15(5)10-11-18-16(12-14(3)4)17(19)20-6/h8,14-16,18H,7,9-12H2,1-6H3/t15?,16-/m0/s1. The van der Waals surface area contributed by atoms with Crippen molar-refractivity contribution in [3.8, 4) is 0 Å². The van der Waals surface area contributed by atoms with Crippen LogP contribution in [0.5, 0.6) is 0 Å². The van der Waals surface area contributed by atoms with E-state index in [1.54, 1.807) is 0 Å². The Morgan fingerprint density at radius 3 is 2.35 bits per heavy atom. The van der Waals surface area contributed by atoms with Crippen molar-refractivity contribution < 1.29 is 9.53 Å². The quantitative estimate of drug-likeness (QED) is 0.487. The molecule has 2 atom stereocenters. The summed E-state index contributed by atoms with van der Waals surface area (Å²) in [6.45, 7) is 11.7. The van der Waals surface area contributed by atoms with Gasteiger partial charge in [-0.15, -0.1) is 0 Å². The molecule has 0 amide bonds. The lowest BCUT2D eigenvalue weighted by atomic mass is 10.00. The molecule has 3 nitrogen and oxygen atoms in total. The number of methoxy groups -OCH3 is 1. The summed E-state index contributed by atoms with van der Waals surface area (Å²) < 4.78 is 4.85. The van der Waals surface area contributed by atoms with Gasteiger partial charge in [0.25, 0.3) is 0 Å². The van der Waals surface area contributed by atoms with E-state index in [4.69, 9.17) is 4.74 Å². The molecule has 0 aromatic heterocycles. The Hall–Kier alpha value is -0.830. The molecule has 0 bridgehead atoms. The molecule has 0 rings (SSSR count). The zero-order valence-electron chi connectivity index (χ0n) is 14.2. The van der Waals surface area contributed by atoms with Crippen molar-refractivity contribution in [2.45, 2.75) is 66.3 Å². The summed E-state index contributed by atoms with van der Waals surface area (Å²) in [6.07, 6.45) is 6.58. The van der Waals surface area contributed by atoms with Gasteiger partial charge in [-0.1, -0.05) is 32.4 Å². The van der Waals surface area contributed by atoms with Crippen molar-refractivity contribution in [1.82, 2.24) is 5.32 Å². The van der Waals surface area contributed by atoms with Gasteiger partial charge in [0.05, 0.1) is 7.11 Å². The second-order valence-corrected chi connectivity index (χ2v) is 6.41. The highest BCUT2D eigenvalue weighted by Crippen LogP contribution is 2.12. The second-order valence-electron chi connectivity index (χ2n) is 6.41. The van der Waals surface area contributed by atoms with Gasteiger partial charge in [0.15, 0.2) is 0 Å². The Kier molecular flexibility index (Phi) is 10.4. The van der Waals surface area contributed by atoms with Crippen molar-refractivity contribution in [2.24, 2.45) is 11.8 Å². The van der Waals surface area contributed by atoms with Gasteiger partial charge < -0.3 is 10.1 Å². The molecule has 1 unspecified atom stereocenters. The number of esters is 1. The lowest BCUT2D eigenvalue weighted by Crippen LogP contribution is -2.39. The highest BCUT2D eigenvalue weighted by Gasteiger charge is 2.19. The molecule has 0 aliphatic carbocycles. The number of carbonyl (C=O) groups excluding carboxylic acids is 1. The van der Waals surface area contributed by atoms with Crippen molar-refractivity contribution in [3.63, 3.8) is 0 Å². The molecule has 0 aliphatic rings. The molecule has 0 saturated heterocycles. The molecule has 0 spiro atoms. The maximum absolute atomic E-state index is 11.7. The van der Waals surface area contributed by atoms with Crippen LogP contribution in [-0.4, -0.2) is 25.7 Å². The Morgan fingerprint density at radius 1 is 1.20 bits per heavy atom. The van der Waals surface area contributed by atoms with Gasteiger partial charge in [-0.25, -0.2) is 0 Å². The third-order valence-electron chi connectivity index (χ3n) is 3.43. The fraction of sp³-hybridized carbons (Fsp3) is 0.824. The SMILES string of the molecule is COC(=O)[C@H](CC(C)C)NCCC(C)CCC=C(C)C. The van der Waals surface area contributed by atoms with E-state index >= 15 is 0 Å². The highest BCUT2D eigenvalue weighted by molar-refractivity contribution is 5.75. The monoisotopic (exact) mass is 283 g/mol. The normalized spacial score (nSPS) is 13.9. The van der Waals surface area contributed by atoms with E-state index in [0.29, 0.717) is 11.8 Å². The Balaban J connectivity index is 3.98. The van der Waals surface area contributed by atoms with E-state index in [9.17, 15) is 4.79 Å². The third kappa shape index (κ3) is 10.0. The third-order valence-corrected chi connectivity index (χ3v) is 3.43. The first kappa shape index (κ1) is 19.2. The van der Waals surface area contributed by atoms with Crippen LogP contribution in [0.1, 0.15) is 60.3 Å². The van der Waals surface area contributed by atoms with Crippen LogP contribution in [0.25, 0.3) is 0 Å². The lowest BCUT2D eigenvalue weighted by molar-refractivity contribution is -0.143. The molecule has 0 radical (unpaired) electrons. The first-order valence-electron chi connectivity index (χ1n) is 7.81. The summed E-state index contributed by atoms with van der Waals surface area (Å²) in [5, 5.41) is 3.34.